The minimum atomic E-state index is -0.105. The molecule has 78 valence electrons. The average Bonchev–Trinajstić information content (AvgIpc) is 2.18. The van der Waals surface area contributed by atoms with Gasteiger partial charge in [0.05, 0.1) is 25.5 Å². The molecular formula is C9H15N3O2. The summed E-state index contributed by atoms with van der Waals surface area (Å²) in [4.78, 5) is 11.3. The van der Waals surface area contributed by atoms with Crippen molar-refractivity contribution in [1.29, 1.82) is 0 Å². The fourth-order valence-corrected chi connectivity index (χ4v) is 1.05. The molecule has 0 aromatic carbocycles. The summed E-state index contributed by atoms with van der Waals surface area (Å²) in [6.45, 7) is 3.79. The predicted molar refractivity (Wildman–Crippen MR) is 53.1 cm³/mol. The maximum atomic E-state index is 11.3. The van der Waals surface area contributed by atoms with Gasteiger partial charge in [-0.15, -0.1) is 0 Å². The second-order valence-corrected chi connectivity index (χ2v) is 2.94. The van der Waals surface area contributed by atoms with E-state index < -0.39 is 0 Å². The molecule has 0 radical (unpaired) electrons. The third-order valence-electron chi connectivity index (χ3n) is 1.71. The normalized spacial score (nSPS) is 10.4. The van der Waals surface area contributed by atoms with Gasteiger partial charge in [-0.1, -0.05) is 0 Å². The monoisotopic (exact) mass is 197 g/mol. The lowest BCUT2D eigenvalue weighted by Gasteiger charge is -2.05. The largest absolute Gasteiger partial charge is 0.378 e. The van der Waals surface area contributed by atoms with Crippen LogP contribution in [0.5, 0.6) is 0 Å². The highest BCUT2D eigenvalue weighted by Gasteiger charge is 1.96. The first-order chi connectivity index (χ1) is 6.74. The van der Waals surface area contributed by atoms with Crippen LogP contribution in [0, 0.1) is 6.92 Å². The van der Waals surface area contributed by atoms with Crippen LogP contribution in [-0.2, 0) is 11.3 Å². The Morgan fingerprint density at radius 2 is 2.29 bits per heavy atom. The van der Waals surface area contributed by atoms with E-state index in [1.165, 1.54) is 10.7 Å². The zero-order valence-corrected chi connectivity index (χ0v) is 8.27. The Morgan fingerprint density at radius 1 is 1.50 bits per heavy atom. The molecule has 1 aromatic rings. The van der Waals surface area contributed by atoms with Crippen molar-refractivity contribution in [3.05, 3.63) is 28.2 Å². The number of nitrogens with zero attached hydrogens (tertiary/aromatic N) is 2. The summed E-state index contributed by atoms with van der Waals surface area (Å²) in [5, 5.41) is 4.06. The fraction of sp³-hybridized carbons (Fsp3) is 0.556. The molecule has 5 heteroatoms. The highest BCUT2D eigenvalue weighted by Crippen LogP contribution is 1.86. The van der Waals surface area contributed by atoms with Gasteiger partial charge < -0.3 is 10.5 Å². The summed E-state index contributed by atoms with van der Waals surface area (Å²) in [6, 6.07) is 3.20. The van der Waals surface area contributed by atoms with E-state index in [-0.39, 0.29) is 5.56 Å². The first-order valence-electron chi connectivity index (χ1n) is 4.56. The molecule has 0 saturated heterocycles. The lowest BCUT2D eigenvalue weighted by molar-refractivity contribution is 0.129. The van der Waals surface area contributed by atoms with Gasteiger partial charge >= 0.3 is 0 Å². The Kier molecular flexibility index (Phi) is 4.28. The molecule has 0 aliphatic heterocycles. The zero-order valence-electron chi connectivity index (χ0n) is 8.27. The van der Waals surface area contributed by atoms with Crippen LogP contribution >= 0.6 is 0 Å². The van der Waals surface area contributed by atoms with E-state index in [0.717, 1.165) is 5.69 Å². The van der Waals surface area contributed by atoms with Crippen molar-refractivity contribution in [3.8, 4) is 0 Å². The highest BCUT2D eigenvalue weighted by molar-refractivity contribution is 4.96. The second-order valence-electron chi connectivity index (χ2n) is 2.94. The van der Waals surface area contributed by atoms with Crippen molar-refractivity contribution in [3.63, 3.8) is 0 Å². The number of hydrogen-bond donors (Lipinski definition) is 1. The van der Waals surface area contributed by atoms with Gasteiger partial charge in [0.25, 0.3) is 5.56 Å². The molecule has 1 aromatic heterocycles. The molecule has 0 spiro atoms. The Morgan fingerprint density at radius 3 is 3.00 bits per heavy atom. The molecule has 5 nitrogen and oxygen atoms in total. The van der Waals surface area contributed by atoms with Crippen LogP contribution in [0.15, 0.2) is 16.9 Å². The Bertz CT molecular complexity index is 335. The van der Waals surface area contributed by atoms with E-state index in [0.29, 0.717) is 26.3 Å². The van der Waals surface area contributed by atoms with Crippen molar-refractivity contribution >= 4 is 0 Å². The van der Waals surface area contributed by atoms with E-state index in [4.69, 9.17) is 10.5 Å². The third-order valence-corrected chi connectivity index (χ3v) is 1.71. The molecule has 0 saturated carbocycles. The molecule has 0 unspecified atom stereocenters. The van der Waals surface area contributed by atoms with Crippen LogP contribution in [-0.4, -0.2) is 29.5 Å². The van der Waals surface area contributed by atoms with Gasteiger partial charge in [0.2, 0.25) is 0 Å². The van der Waals surface area contributed by atoms with E-state index >= 15 is 0 Å². The quantitative estimate of drug-likeness (QED) is 0.648. The van der Waals surface area contributed by atoms with Crippen molar-refractivity contribution in [1.82, 2.24) is 9.78 Å². The van der Waals surface area contributed by atoms with Crippen LogP contribution in [0.2, 0.25) is 0 Å². The van der Waals surface area contributed by atoms with Gasteiger partial charge in [0.1, 0.15) is 0 Å². The molecule has 0 atom stereocenters. The molecule has 14 heavy (non-hydrogen) atoms. The number of ether oxygens (including phenoxy) is 1. The molecule has 0 bridgehead atoms. The first-order valence-corrected chi connectivity index (χ1v) is 4.56. The lowest BCUT2D eigenvalue weighted by atomic mass is 10.4. The number of aromatic nitrogens is 2. The number of aryl methyl sites for hydroxylation is 1. The predicted octanol–water partition coefficient (Wildman–Crippen LogP) is -0.473. The summed E-state index contributed by atoms with van der Waals surface area (Å²) in [7, 11) is 0. The van der Waals surface area contributed by atoms with Gasteiger partial charge in [0, 0.05) is 12.6 Å². The van der Waals surface area contributed by atoms with Crippen molar-refractivity contribution in [2.45, 2.75) is 13.5 Å². The molecule has 0 aliphatic rings. The van der Waals surface area contributed by atoms with E-state index in [2.05, 4.69) is 5.10 Å². The van der Waals surface area contributed by atoms with Gasteiger partial charge in [-0.05, 0) is 13.0 Å². The molecule has 0 aliphatic carbocycles. The maximum Gasteiger partial charge on any atom is 0.266 e. The summed E-state index contributed by atoms with van der Waals surface area (Å²) < 4.78 is 6.55. The summed E-state index contributed by atoms with van der Waals surface area (Å²) in [5.74, 6) is 0. The molecule has 0 amide bonds. The van der Waals surface area contributed by atoms with Crippen LogP contribution in [0.3, 0.4) is 0 Å². The Balaban J connectivity index is 2.49. The van der Waals surface area contributed by atoms with Crippen molar-refractivity contribution < 1.29 is 4.74 Å². The molecule has 2 N–H and O–H groups in total. The maximum absolute atomic E-state index is 11.3. The molecule has 1 rings (SSSR count). The van der Waals surface area contributed by atoms with Crippen molar-refractivity contribution in [2.75, 3.05) is 19.8 Å². The molecular weight excluding hydrogens is 182 g/mol. The second kappa shape index (κ2) is 5.51. The standard InChI is InChI=1S/C9H15N3O2/c1-8-2-3-9(13)12(11-8)5-7-14-6-4-10/h2-3H,4-7,10H2,1H3. The number of hydrogen-bond acceptors (Lipinski definition) is 4. The van der Waals surface area contributed by atoms with E-state index in [1.807, 2.05) is 6.92 Å². The van der Waals surface area contributed by atoms with Crippen LogP contribution in [0.25, 0.3) is 0 Å². The van der Waals surface area contributed by atoms with E-state index in [1.54, 1.807) is 6.07 Å². The van der Waals surface area contributed by atoms with Crippen LogP contribution in [0.4, 0.5) is 0 Å². The van der Waals surface area contributed by atoms with Gasteiger partial charge in [0.15, 0.2) is 0 Å². The zero-order chi connectivity index (χ0) is 10.4. The smallest absolute Gasteiger partial charge is 0.266 e. The summed E-state index contributed by atoms with van der Waals surface area (Å²) in [5.41, 5.74) is 5.97. The van der Waals surface area contributed by atoms with Crippen LogP contribution in [0.1, 0.15) is 5.69 Å². The van der Waals surface area contributed by atoms with Crippen molar-refractivity contribution in [2.24, 2.45) is 5.73 Å². The molecule has 1 heterocycles. The third kappa shape index (κ3) is 3.27. The summed E-state index contributed by atoms with van der Waals surface area (Å²) in [6.07, 6.45) is 0. The average molecular weight is 197 g/mol. The minimum absolute atomic E-state index is 0.105. The van der Waals surface area contributed by atoms with Crippen LogP contribution < -0.4 is 11.3 Å². The summed E-state index contributed by atoms with van der Waals surface area (Å²) >= 11 is 0. The Hall–Kier alpha value is -1.20. The van der Waals surface area contributed by atoms with Gasteiger partial charge in [-0.3, -0.25) is 4.79 Å². The number of nitrogens with two attached hydrogens (primary N) is 1. The van der Waals surface area contributed by atoms with Gasteiger partial charge in [-0.25, -0.2) is 4.68 Å². The minimum Gasteiger partial charge on any atom is -0.378 e. The Labute approximate surface area is 82.5 Å². The highest BCUT2D eigenvalue weighted by atomic mass is 16.5. The fourth-order valence-electron chi connectivity index (χ4n) is 1.05. The SMILES string of the molecule is Cc1ccc(=O)n(CCOCCN)n1. The van der Waals surface area contributed by atoms with Gasteiger partial charge in [-0.2, -0.15) is 5.10 Å². The topological polar surface area (TPSA) is 70.1 Å². The molecule has 0 fully saturated rings. The van der Waals surface area contributed by atoms with E-state index in [9.17, 15) is 4.79 Å². The lowest BCUT2D eigenvalue weighted by Crippen LogP contribution is -2.25. The number of rotatable bonds is 5. The first kappa shape index (κ1) is 10.9.